The second-order valence-electron chi connectivity index (χ2n) is 6.63. The number of nitrogens with zero attached hydrogens (tertiary/aromatic N) is 4. The fourth-order valence-electron chi connectivity index (χ4n) is 3.36. The summed E-state index contributed by atoms with van der Waals surface area (Å²) in [5.41, 5.74) is 1.80. The minimum atomic E-state index is -0.302. The highest BCUT2D eigenvalue weighted by atomic mass is 35.5. The number of carbonyl (C=O) groups is 1. The first-order chi connectivity index (χ1) is 12.5. The van der Waals surface area contributed by atoms with Gasteiger partial charge in [-0.2, -0.15) is 0 Å². The van der Waals surface area contributed by atoms with Gasteiger partial charge in [0.25, 0.3) is 0 Å². The molecule has 8 heteroatoms. The molecule has 26 heavy (non-hydrogen) atoms. The quantitative estimate of drug-likeness (QED) is 0.843. The number of anilines is 4. The number of carbonyl (C=O) groups excluding carboxylic acids is 1. The molecule has 3 heterocycles. The molecule has 0 saturated carbocycles. The lowest BCUT2D eigenvalue weighted by Gasteiger charge is -2.38. The first-order valence-electron chi connectivity index (χ1n) is 8.73. The molecule has 7 nitrogen and oxygen atoms in total. The summed E-state index contributed by atoms with van der Waals surface area (Å²) in [6.45, 7) is 7.02. The van der Waals surface area contributed by atoms with Crippen molar-refractivity contribution < 1.29 is 4.79 Å². The van der Waals surface area contributed by atoms with Crippen LogP contribution in [0.4, 0.5) is 23.0 Å². The number of aryl methyl sites for hydroxylation is 1. The Labute approximate surface area is 157 Å². The van der Waals surface area contributed by atoms with Crippen molar-refractivity contribution in [3.05, 3.63) is 35.1 Å². The number of aromatic nitrogens is 2. The van der Waals surface area contributed by atoms with Gasteiger partial charge in [-0.05, 0) is 32.0 Å². The Balaban J connectivity index is 1.56. The van der Waals surface area contributed by atoms with Crippen LogP contribution in [0.5, 0.6) is 0 Å². The average Bonchev–Trinajstić information content (AvgIpc) is 2.63. The lowest BCUT2D eigenvalue weighted by atomic mass is 10.2. The number of rotatable bonds is 2. The maximum atomic E-state index is 12.1. The highest BCUT2D eigenvalue weighted by molar-refractivity contribution is 6.30. The molecular weight excluding hydrogens is 352 g/mol. The lowest BCUT2D eigenvalue weighted by Crippen LogP contribution is -2.47. The summed E-state index contributed by atoms with van der Waals surface area (Å²) in [6.07, 6.45) is 0. The number of benzene rings is 1. The molecule has 2 aliphatic rings. The number of piperazine rings is 1. The zero-order valence-corrected chi connectivity index (χ0v) is 15.5. The third kappa shape index (κ3) is 3.14. The number of nitrogens with one attached hydrogen (secondary N) is 2. The normalized spacial score (nSPS) is 19.7. The van der Waals surface area contributed by atoms with Crippen LogP contribution in [0.2, 0.25) is 5.02 Å². The largest absolute Gasteiger partial charge is 0.368 e. The van der Waals surface area contributed by atoms with E-state index < -0.39 is 0 Å². The zero-order valence-electron chi connectivity index (χ0n) is 14.8. The van der Waals surface area contributed by atoms with Crippen molar-refractivity contribution in [2.24, 2.45) is 0 Å². The fourth-order valence-corrected chi connectivity index (χ4v) is 3.54. The second-order valence-corrected chi connectivity index (χ2v) is 7.06. The molecule has 1 fully saturated rings. The Hall–Kier alpha value is -2.54. The zero-order chi connectivity index (χ0) is 18.3. The van der Waals surface area contributed by atoms with Gasteiger partial charge in [0.2, 0.25) is 5.91 Å². The van der Waals surface area contributed by atoms with Crippen LogP contribution in [-0.4, -0.2) is 48.1 Å². The maximum Gasteiger partial charge on any atom is 0.246 e. The van der Waals surface area contributed by atoms with Gasteiger partial charge >= 0.3 is 0 Å². The third-order valence-corrected chi connectivity index (χ3v) is 4.98. The molecule has 0 spiro atoms. The van der Waals surface area contributed by atoms with Crippen LogP contribution >= 0.6 is 11.6 Å². The molecule has 2 aliphatic heterocycles. The monoisotopic (exact) mass is 372 g/mol. The molecule has 1 saturated heterocycles. The van der Waals surface area contributed by atoms with Crippen molar-refractivity contribution in [1.82, 2.24) is 9.97 Å². The summed E-state index contributed by atoms with van der Waals surface area (Å²) in [4.78, 5) is 25.6. The van der Waals surface area contributed by atoms with Crippen molar-refractivity contribution in [3.63, 3.8) is 0 Å². The van der Waals surface area contributed by atoms with Crippen LogP contribution in [0.3, 0.4) is 0 Å². The third-order valence-electron chi connectivity index (χ3n) is 4.75. The van der Waals surface area contributed by atoms with Gasteiger partial charge in [-0.3, -0.25) is 4.79 Å². The number of amides is 1. The Bertz CT molecular complexity index is 850. The molecule has 1 unspecified atom stereocenters. The number of fused-ring (bicyclic) bond motifs is 1. The van der Waals surface area contributed by atoms with Crippen molar-refractivity contribution in [1.29, 1.82) is 0 Å². The maximum absolute atomic E-state index is 12.1. The molecule has 1 aromatic heterocycles. The van der Waals surface area contributed by atoms with Crippen molar-refractivity contribution in [3.8, 4) is 0 Å². The summed E-state index contributed by atoms with van der Waals surface area (Å²) < 4.78 is 0. The molecule has 1 amide bonds. The first kappa shape index (κ1) is 16.9. The van der Waals surface area contributed by atoms with Crippen molar-refractivity contribution >= 4 is 40.5 Å². The fraction of sp³-hybridized carbons (Fsp3) is 0.389. The topological polar surface area (TPSA) is 73.4 Å². The van der Waals surface area contributed by atoms with E-state index in [2.05, 4.69) is 36.5 Å². The van der Waals surface area contributed by atoms with Crippen LogP contribution in [-0.2, 0) is 4.79 Å². The lowest BCUT2D eigenvalue weighted by molar-refractivity contribution is -0.116. The SMILES string of the molecule is Cc1nc2c(c(N3CCN(c4cccc(Cl)c4)CC3)n1)NC(=O)C(C)N2. The van der Waals surface area contributed by atoms with Crippen LogP contribution in [0.15, 0.2) is 24.3 Å². The Morgan fingerprint density at radius 3 is 2.62 bits per heavy atom. The standard InChI is InChI=1S/C18H21ClN6O/c1-11-18(26)23-15-16(20-11)21-12(2)22-17(15)25-8-6-24(7-9-25)14-5-3-4-13(19)10-14/h3-5,10-11H,6-9H2,1-2H3,(H,23,26)(H,20,21,22). The summed E-state index contributed by atoms with van der Waals surface area (Å²) in [7, 11) is 0. The molecule has 0 bridgehead atoms. The molecule has 2 N–H and O–H groups in total. The molecule has 0 aliphatic carbocycles. The van der Waals surface area contributed by atoms with Crippen LogP contribution in [0.1, 0.15) is 12.7 Å². The predicted molar refractivity (Wildman–Crippen MR) is 104 cm³/mol. The Morgan fingerprint density at radius 2 is 1.88 bits per heavy atom. The minimum absolute atomic E-state index is 0.0660. The smallest absolute Gasteiger partial charge is 0.246 e. The van der Waals surface area contributed by atoms with Gasteiger partial charge in [0.15, 0.2) is 11.6 Å². The molecule has 2 aromatic rings. The van der Waals surface area contributed by atoms with E-state index in [9.17, 15) is 4.79 Å². The van der Waals surface area contributed by atoms with Gasteiger partial charge < -0.3 is 20.4 Å². The summed E-state index contributed by atoms with van der Waals surface area (Å²) in [5.74, 6) is 2.10. The van der Waals surface area contributed by atoms with Crippen LogP contribution in [0, 0.1) is 6.92 Å². The van der Waals surface area contributed by atoms with Crippen LogP contribution in [0.25, 0.3) is 0 Å². The average molecular weight is 373 g/mol. The van der Waals surface area contributed by atoms with Gasteiger partial charge in [0.05, 0.1) is 0 Å². The molecular formula is C18H21ClN6O. The van der Waals surface area contributed by atoms with Gasteiger partial charge in [0, 0.05) is 36.9 Å². The number of halogens is 1. The van der Waals surface area contributed by atoms with E-state index in [0.29, 0.717) is 17.3 Å². The van der Waals surface area contributed by atoms with E-state index in [0.717, 1.165) is 42.7 Å². The van der Waals surface area contributed by atoms with E-state index in [1.807, 2.05) is 32.0 Å². The van der Waals surface area contributed by atoms with Crippen LogP contribution < -0.4 is 20.4 Å². The van der Waals surface area contributed by atoms with Crippen molar-refractivity contribution in [2.75, 3.05) is 46.6 Å². The van der Waals surface area contributed by atoms with Crippen molar-refractivity contribution in [2.45, 2.75) is 19.9 Å². The van der Waals surface area contributed by atoms with E-state index in [1.165, 1.54) is 0 Å². The summed E-state index contributed by atoms with van der Waals surface area (Å²) in [6, 6.07) is 7.61. The van der Waals surface area contributed by atoms with Gasteiger partial charge in [-0.15, -0.1) is 0 Å². The Kier molecular flexibility index (Phi) is 4.32. The summed E-state index contributed by atoms with van der Waals surface area (Å²) in [5, 5.41) is 6.85. The predicted octanol–water partition coefficient (Wildman–Crippen LogP) is 2.52. The highest BCUT2D eigenvalue weighted by Gasteiger charge is 2.29. The highest BCUT2D eigenvalue weighted by Crippen LogP contribution is 2.34. The van der Waals surface area contributed by atoms with E-state index in [1.54, 1.807) is 0 Å². The first-order valence-corrected chi connectivity index (χ1v) is 9.10. The van der Waals surface area contributed by atoms with E-state index >= 15 is 0 Å². The second kappa shape index (κ2) is 6.64. The number of hydrogen-bond donors (Lipinski definition) is 2. The molecule has 0 radical (unpaired) electrons. The van der Waals surface area contributed by atoms with E-state index in [-0.39, 0.29) is 11.9 Å². The van der Waals surface area contributed by atoms with Gasteiger partial charge in [-0.25, -0.2) is 9.97 Å². The number of hydrogen-bond acceptors (Lipinski definition) is 6. The molecule has 1 atom stereocenters. The Morgan fingerprint density at radius 1 is 1.15 bits per heavy atom. The van der Waals surface area contributed by atoms with E-state index in [4.69, 9.17) is 11.6 Å². The van der Waals surface area contributed by atoms with Gasteiger partial charge in [0.1, 0.15) is 17.6 Å². The minimum Gasteiger partial charge on any atom is -0.368 e. The molecule has 1 aromatic carbocycles. The van der Waals surface area contributed by atoms with Gasteiger partial charge in [-0.1, -0.05) is 17.7 Å². The molecule has 136 valence electrons. The molecule has 4 rings (SSSR count). The summed E-state index contributed by atoms with van der Waals surface area (Å²) >= 11 is 6.11.